The molecule has 2 amide bonds. The number of aromatic hydroxyl groups is 1. The number of para-hydroxylation sites is 1. The summed E-state index contributed by atoms with van der Waals surface area (Å²) >= 11 is 0. The molecule has 47 heavy (non-hydrogen) atoms. The Bertz CT molecular complexity index is 1830. The highest BCUT2D eigenvalue weighted by molar-refractivity contribution is 7.57. The van der Waals surface area contributed by atoms with Gasteiger partial charge in [-0.05, 0) is 51.0 Å². The fourth-order valence-electron chi connectivity index (χ4n) is 5.65. The summed E-state index contributed by atoms with van der Waals surface area (Å²) in [5.74, 6) is -1.15. The Morgan fingerprint density at radius 3 is 2.53 bits per heavy atom. The Balaban J connectivity index is 1.37. The number of nitrogens with zero attached hydrogens (tertiary/aromatic N) is 3. The van der Waals surface area contributed by atoms with E-state index in [1.54, 1.807) is 62.2 Å². The number of pyridine rings is 1. The van der Waals surface area contributed by atoms with Crippen molar-refractivity contribution < 1.29 is 33.3 Å². The van der Waals surface area contributed by atoms with Crippen LogP contribution in [0.3, 0.4) is 0 Å². The molecule has 1 aromatic heterocycles. The number of benzene rings is 3. The van der Waals surface area contributed by atoms with Gasteiger partial charge in [0, 0.05) is 43.8 Å². The minimum Gasteiger partial charge on any atom is -0.505 e. The van der Waals surface area contributed by atoms with Crippen molar-refractivity contribution in [1.82, 2.24) is 19.9 Å². The molecule has 0 saturated carbocycles. The minimum absolute atomic E-state index is 0.0159. The zero-order valence-corrected chi connectivity index (χ0v) is 27.8. The molecule has 3 aromatic carbocycles. The number of rotatable bonds is 13. The number of fused-ring (bicyclic) bond motifs is 2. The van der Waals surface area contributed by atoms with E-state index in [9.17, 15) is 24.1 Å². The van der Waals surface area contributed by atoms with Crippen molar-refractivity contribution in [3.05, 3.63) is 101 Å². The molecule has 246 valence electrons. The molecule has 1 aliphatic rings. The van der Waals surface area contributed by atoms with E-state index in [2.05, 4.69) is 10.1 Å². The van der Waals surface area contributed by atoms with Crippen LogP contribution >= 0.6 is 7.52 Å². The second kappa shape index (κ2) is 14.4. The molecule has 0 spiro atoms. The van der Waals surface area contributed by atoms with Crippen molar-refractivity contribution >= 4 is 36.2 Å². The van der Waals surface area contributed by atoms with Crippen LogP contribution in [0.15, 0.2) is 72.9 Å². The summed E-state index contributed by atoms with van der Waals surface area (Å²) in [4.78, 5) is 47.5. The van der Waals surface area contributed by atoms with Crippen molar-refractivity contribution in [1.29, 1.82) is 0 Å². The molecular formula is C35H39N4O7P. The summed E-state index contributed by atoms with van der Waals surface area (Å²) in [7, 11) is -2.00. The number of nitrogens with one attached hydrogen (secondary N) is 1. The van der Waals surface area contributed by atoms with Gasteiger partial charge in [-0.25, -0.2) is 5.09 Å². The number of ether oxygens (including phenoxy) is 1. The Morgan fingerprint density at radius 2 is 1.83 bits per heavy atom. The number of aryl methyl sites for hydroxylation is 1. The molecule has 2 atom stereocenters. The monoisotopic (exact) mass is 658 g/mol. The number of phenolic OH excluding ortho intramolecular Hbond substituents is 1. The standard InChI is InChI=1S/C35H39N4O7P/c1-5-45-35(43)24(3)37-47(44,46-26-11-7-6-8-12-26)20-10-19-38(4)33(41)29-27-13-9-18-36-31(27)32(40)30-28(29)22-39(34(30)42)21-25-16-14-23(2)15-17-25/h6-9,11-18,24,40H,5,10,19-22H2,1-4H3,(H,37,44)/t24-,47?/m0/s1. The predicted molar refractivity (Wildman–Crippen MR) is 179 cm³/mol. The van der Waals surface area contributed by atoms with Gasteiger partial charge in [0.15, 0.2) is 5.75 Å². The molecule has 1 aliphatic heterocycles. The molecule has 4 aromatic rings. The molecule has 0 radical (unpaired) electrons. The van der Waals surface area contributed by atoms with Crippen LogP contribution in [0.4, 0.5) is 0 Å². The first kappa shape index (κ1) is 33.6. The highest BCUT2D eigenvalue weighted by atomic mass is 31.2. The fourth-order valence-corrected chi connectivity index (χ4v) is 7.64. The van der Waals surface area contributed by atoms with Crippen molar-refractivity contribution in [3.63, 3.8) is 0 Å². The van der Waals surface area contributed by atoms with Gasteiger partial charge < -0.3 is 24.2 Å². The smallest absolute Gasteiger partial charge is 0.323 e. The van der Waals surface area contributed by atoms with Gasteiger partial charge in [-0.3, -0.25) is 23.9 Å². The lowest BCUT2D eigenvalue weighted by molar-refractivity contribution is -0.144. The summed E-state index contributed by atoms with van der Waals surface area (Å²) < 4.78 is 25.0. The molecule has 0 bridgehead atoms. The van der Waals surface area contributed by atoms with E-state index in [-0.39, 0.29) is 60.9 Å². The molecule has 2 N–H and O–H groups in total. The molecule has 0 fully saturated rings. The van der Waals surface area contributed by atoms with Gasteiger partial charge in [-0.15, -0.1) is 0 Å². The van der Waals surface area contributed by atoms with Crippen LogP contribution in [-0.2, 0) is 27.2 Å². The molecule has 1 unspecified atom stereocenters. The summed E-state index contributed by atoms with van der Waals surface area (Å²) in [6, 6.07) is 19.0. The molecule has 12 heteroatoms. The maximum Gasteiger partial charge on any atom is 0.323 e. The summed E-state index contributed by atoms with van der Waals surface area (Å²) in [5, 5.41) is 14.5. The number of hydrogen-bond acceptors (Lipinski definition) is 8. The van der Waals surface area contributed by atoms with E-state index in [0.29, 0.717) is 28.8 Å². The number of esters is 1. The maximum absolute atomic E-state index is 14.1. The average molecular weight is 659 g/mol. The second-order valence-electron chi connectivity index (χ2n) is 11.6. The van der Waals surface area contributed by atoms with Gasteiger partial charge in [-0.1, -0.05) is 54.1 Å². The van der Waals surface area contributed by atoms with Crippen molar-refractivity contribution in [2.45, 2.75) is 46.3 Å². The molecule has 2 heterocycles. The van der Waals surface area contributed by atoms with Gasteiger partial charge in [0.05, 0.1) is 23.9 Å². The lowest BCUT2D eigenvalue weighted by Crippen LogP contribution is -2.36. The third kappa shape index (κ3) is 7.48. The van der Waals surface area contributed by atoms with E-state index in [1.165, 1.54) is 11.1 Å². The van der Waals surface area contributed by atoms with Gasteiger partial charge in [0.25, 0.3) is 11.8 Å². The minimum atomic E-state index is -3.63. The summed E-state index contributed by atoms with van der Waals surface area (Å²) in [6.45, 7) is 6.07. The van der Waals surface area contributed by atoms with Crippen LogP contribution in [0, 0.1) is 6.92 Å². The first-order valence-electron chi connectivity index (χ1n) is 15.5. The predicted octanol–water partition coefficient (Wildman–Crippen LogP) is 5.68. The van der Waals surface area contributed by atoms with Crippen molar-refractivity contribution in [2.75, 3.05) is 26.4 Å². The number of carbonyl (C=O) groups is 3. The number of carbonyl (C=O) groups excluding carboxylic acids is 3. The quantitative estimate of drug-likeness (QED) is 0.137. The second-order valence-corrected chi connectivity index (χ2v) is 13.8. The molecular weight excluding hydrogens is 619 g/mol. The van der Waals surface area contributed by atoms with E-state index >= 15 is 0 Å². The Hall–Kier alpha value is -4.73. The topological polar surface area (TPSA) is 138 Å². The first-order chi connectivity index (χ1) is 22.5. The van der Waals surface area contributed by atoms with Gasteiger partial charge >= 0.3 is 13.5 Å². The molecule has 5 rings (SSSR count). The highest BCUT2D eigenvalue weighted by Gasteiger charge is 2.37. The van der Waals surface area contributed by atoms with Crippen LogP contribution in [0.1, 0.15) is 57.7 Å². The third-order valence-corrected chi connectivity index (χ3v) is 10.2. The van der Waals surface area contributed by atoms with E-state index in [1.807, 2.05) is 37.3 Å². The Labute approximate surface area is 274 Å². The third-order valence-electron chi connectivity index (χ3n) is 8.02. The largest absolute Gasteiger partial charge is 0.505 e. The van der Waals surface area contributed by atoms with Crippen LogP contribution in [0.2, 0.25) is 0 Å². The number of hydrogen-bond donors (Lipinski definition) is 2. The van der Waals surface area contributed by atoms with E-state index in [4.69, 9.17) is 9.26 Å². The average Bonchev–Trinajstić information content (AvgIpc) is 3.37. The van der Waals surface area contributed by atoms with Gasteiger partial charge in [0.1, 0.15) is 17.3 Å². The lowest BCUT2D eigenvalue weighted by atomic mass is 9.95. The SMILES string of the molecule is CCOC(=O)[C@H](C)NP(=O)(CCCN(C)C(=O)c1c2c(c(O)c3ncccc13)C(=O)N(Cc1ccc(C)cc1)C2)Oc1ccccc1. The Morgan fingerprint density at radius 1 is 1.11 bits per heavy atom. The Kier molecular flexibility index (Phi) is 10.3. The van der Waals surface area contributed by atoms with Crippen LogP contribution in [-0.4, -0.2) is 70.1 Å². The maximum atomic E-state index is 14.1. The first-order valence-corrected chi connectivity index (χ1v) is 17.3. The fraction of sp³-hybridized carbons (Fsp3) is 0.314. The zero-order chi connectivity index (χ0) is 33.7. The van der Waals surface area contributed by atoms with Crippen LogP contribution in [0.5, 0.6) is 11.5 Å². The number of aromatic nitrogens is 1. The van der Waals surface area contributed by atoms with Gasteiger partial charge in [0.2, 0.25) is 0 Å². The van der Waals surface area contributed by atoms with Crippen molar-refractivity contribution in [2.24, 2.45) is 0 Å². The lowest BCUT2D eigenvalue weighted by Gasteiger charge is -2.25. The van der Waals surface area contributed by atoms with Crippen LogP contribution < -0.4 is 9.61 Å². The van der Waals surface area contributed by atoms with Crippen LogP contribution in [0.25, 0.3) is 10.9 Å². The summed E-state index contributed by atoms with van der Waals surface area (Å²) in [5.41, 5.74) is 3.02. The summed E-state index contributed by atoms with van der Waals surface area (Å²) in [6.07, 6.45) is 1.79. The number of amides is 2. The zero-order valence-electron chi connectivity index (χ0n) is 26.9. The normalized spacial score (nSPS) is 14.4. The van der Waals surface area contributed by atoms with Crippen molar-refractivity contribution in [3.8, 4) is 11.5 Å². The molecule has 0 aliphatic carbocycles. The van der Waals surface area contributed by atoms with Gasteiger partial charge in [-0.2, -0.15) is 0 Å². The molecule has 0 saturated heterocycles. The molecule has 11 nitrogen and oxygen atoms in total. The van der Waals surface area contributed by atoms with E-state index in [0.717, 1.165) is 11.1 Å². The number of phenols is 1. The highest BCUT2D eigenvalue weighted by Crippen LogP contribution is 2.45. The van der Waals surface area contributed by atoms with E-state index < -0.39 is 19.5 Å².